The van der Waals surface area contributed by atoms with Crippen LogP contribution in [0.1, 0.15) is 0 Å². The maximum atomic E-state index is 10.5. The first-order valence-corrected chi connectivity index (χ1v) is 5.04. The summed E-state index contributed by atoms with van der Waals surface area (Å²) in [6.45, 7) is 0. The van der Waals surface area contributed by atoms with E-state index in [1.54, 1.807) is 7.05 Å². The van der Waals surface area contributed by atoms with Crippen LogP contribution in [0.15, 0.2) is 21.9 Å². The van der Waals surface area contributed by atoms with E-state index in [4.69, 9.17) is 16.7 Å². The maximum Gasteiger partial charge on any atom is 0.328 e. The topological polar surface area (TPSA) is 84.3 Å². The minimum absolute atomic E-state index is 0. The number of aliphatic hydroxyl groups is 1. The summed E-state index contributed by atoms with van der Waals surface area (Å²) in [6, 6.07) is 1.29. The van der Waals surface area contributed by atoms with E-state index in [0.717, 1.165) is 0 Å². The Hall–Kier alpha value is -1.11. The van der Waals surface area contributed by atoms with Gasteiger partial charge in [0.15, 0.2) is 0 Å². The first kappa shape index (κ1) is 14.9. The molecule has 0 bridgehead atoms. The zero-order valence-corrected chi connectivity index (χ0v) is 9.90. The van der Waals surface area contributed by atoms with Crippen LogP contribution < -0.4 is 11.2 Å². The highest BCUT2D eigenvalue weighted by molar-refractivity contribution is 6.18. The standard InChI is InChI=1S/C5H6N2O2.C4H9ClO2/c1-7-3-2-4(8)6-5(7)9;1-7-4(2-5)3-6/h2-3H,1H3,(H,6,8,9);4,6H,2-3H2,1H3. The second-order valence-corrected chi connectivity index (χ2v) is 3.22. The predicted molar refractivity (Wildman–Crippen MR) is 60.9 cm³/mol. The number of methoxy groups -OCH3 is 1. The Morgan fingerprint density at radius 1 is 1.62 bits per heavy atom. The molecule has 0 aliphatic heterocycles. The summed E-state index contributed by atoms with van der Waals surface area (Å²) >= 11 is 5.28. The molecule has 16 heavy (non-hydrogen) atoms. The van der Waals surface area contributed by atoms with Gasteiger partial charge in [0.25, 0.3) is 5.56 Å². The van der Waals surface area contributed by atoms with E-state index in [1.165, 1.54) is 23.9 Å². The van der Waals surface area contributed by atoms with E-state index >= 15 is 0 Å². The van der Waals surface area contributed by atoms with Gasteiger partial charge in [0.05, 0.1) is 18.6 Å². The van der Waals surface area contributed by atoms with Crippen molar-refractivity contribution in [3.63, 3.8) is 0 Å². The molecule has 6 nitrogen and oxygen atoms in total. The zero-order valence-electron chi connectivity index (χ0n) is 9.14. The van der Waals surface area contributed by atoms with Crippen LogP contribution in [0.25, 0.3) is 0 Å². The van der Waals surface area contributed by atoms with Crippen molar-refractivity contribution in [1.82, 2.24) is 9.55 Å². The number of ether oxygens (including phenoxy) is 1. The van der Waals surface area contributed by atoms with Crippen molar-refractivity contribution >= 4 is 11.6 Å². The molecule has 1 rings (SSSR count). The molecule has 0 radical (unpaired) electrons. The normalized spacial score (nSPS) is 11.5. The largest absolute Gasteiger partial charge is 0.394 e. The van der Waals surface area contributed by atoms with Gasteiger partial charge in [0, 0.05) is 26.4 Å². The number of alkyl halides is 1. The molecule has 1 heterocycles. The SMILES string of the molecule is COC(CO)CCl.Cn1ccc(=O)[nH]c1=O. The fourth-order valence-electron chi connectivity index (χ4n) is 0.669. The Morgan fingerprint density at radius 3 is 2.50 bits per heavy atom. The Balaban J connectivity index is 0.000000293. The van der Waals surface area contributed by atoms with E-state index < -0.39 is 0 Å². The van der Waals surface area contributed by atoms with Crippen molar-refractivity contribution in [2.24, 2.45) is 7.05 Å². The van der Waals surface area contributed by atoms with Crippen LogP contribution in [0.4, 0.5) is 0 Å². The highest BCUT2D eigenvalue weighted by atomic mass is 35.5. The van der Waals surface area contributed by atoms with Crippen molar-refractivity contribution in [3.8, 4) is 0 Å². The third-order valence-corrected chi connectivity index (χ3v) is 2.05. The van der Waals surface area contributed by atoms with Crippen molar-refractivity contribution < 1.29 is 9.84 Å². The molecule has 0 amide bonds. The highest BCUT2D eigenvalue weighted by Gasteiger charge is 1.99. The Bertz CT molecular complexity index is 391. The van der Waals surface area contributed by atoms with E-state index in [2.05, 4.69) is 9.72 Å². The summed E-state index contributed by atoms with van der Waals surface area (Å²) in [7, 11) is 3.08. The number of hydrogen-bond donors (Lipinski definition) is 2. The van der Waals surface area contributed by atoms with Crippen LogP contribution in [0.2, 0.25) is 0 Å². The van der Waals surface area contributed by atoms with Gasteiger partial charge in [-0.2, -0.15) is 0 Å². The molecule has 0 aromatic carbocycles. The van der Waals surface area contributed by atoms with Crippen LogP contribution in [0, 0.1) is 0 Å². The van der Waals surface area contributed by atoms with Crippen LogP contribution >= 0.6 is 11.6 Å². The molecule has 2 N–H and O–H groups in total. The zero-order chi connectivity index (χ0) is 12.6. The van der Waals surface area contributed by atoms with Crippen LogP contribution in [-0.2, 0) is 11.8 Å². The summed E-state index contributed by atoms with van der Waals surface area (Å²) in [6.07, 6.45) is 1.22. The van der Waals surface area contributed by atoms with E-state index in [-0.39, 0.29) is 24.0 Å². The minimum atomic E-state index is -0.387. The number of halogens is 1. The molecule has 1 unspecified atom stereocenters. The number of nitrogens with one attached hydrogen (secondary N) is 1. The summed E-state index contributed by atoms with van der Waals surface area (Å²) in [5.41, 5.74) is -0.749. The molecule has 92 valence electrons. The first-order valence-electron chi connectivity index (χ1n) is 4.50. The number of nitrogens with zero attached hydrogens (tertiary/aromatic N) is 1. The number of aromatic amines is 1. The summed E-state index contributed by atoms with van der Waals surface area (Å²) < 4.78 is 5.96. The van der Waals surface area contributed by atoms with Gasteiger partial charge in [-0.25, -0.2) is 4.79 Å². The van der Waals surface area contributed by atoms with Crippen LogP contribution in [0.5, 0.6) is 0 Å². The molecular weight excluding hydrogens is 236 g/mol. The summed E-state index contributed by atoms with van der Waals surface area (Å²) in [4.78, 5) is 23.0. The Kier molecular flexibility index (Phi) is 7.53. The molecule has 7 heteroatoms. The quantitative estimate of drug-likeness (QED) is 0.696. The van der Waals surface area contributed by atoms with Crippen LogP contribution in [-0.4, -0.2) is 40.4 Å². The lowest BCUT2D eigenvalue weighted by molar-refractivity contribution is 0.0647. The number of aryl methyl sites for hydroxylation is 1. The maximum absolute atomic E-state index is 10.5. The van der Waals surface area contributed by atoms with E-state index in [1.807, 2.05) is 0 Å². The lowest BCUT2D eigenvalue weighted by atomic mass is 10.4. The predicted octanol–water partition coefficient (Wildman–Crippen LogP) is -0.694. The number of hydrogen-bond acceptors (Lipinski definition) is 4. The lowest BCUT2D eigenvalue weighted by Gasteiger charge is -2.04. The Labute approximate surface area is 97.4 Å². The molecule has 1 aromatic heterocycles. The van der Waals surface area contributed by atoms with E-state index in [9.17, 15) is 9.59 Å². The molecule has 0 spiro atoms. The van der Waals surface area contributed by atoms with Gasteiger partial charge in [0.2, 0.25) is 0 Å². The number of aliphatic hydroxyl groups excluding tert-OH is 1. The van der Waals surface area contributed by atoms with E-state index in [0.29, 0.717) is 5.88 Å². The third-order valence-electron chi connectivity index (χ3n) is 1.71. The van der Waals surface area contributed by atoms with Gasteiger partial charge in [-0.15, -0.1) is 11.6 Å². The average molecular weight is 251 g/mol. The fourth-order valence-corrected chi connectivity index (χ4v) is 0.892. The molecule has 0 aliphatic rings. The summed E-state index contributed by atoms with van der Waals surface area (Å²) in [5.74, 6) is 0.354. The van der Waals surface area contributed by atoms with Gasteiger partial charge in [-0.3, -0.25) is 9.78 Å². The lowest BCUT2D eigenvalue weighted by Crippen LogP contribution is -2.26. The van der Waals surface area contributed by atoms with Crippen molar-refractivity contribution in [2.45, 2.75) is 6.10 Å². The van der Waals surface area contributed by atoms with Gasteiger partial charge in [0.1, 0.15) is 0 Å². The molecule has 1 aromatic rings. The smallest absolute Gasteiger partial charge is 0.328 e. The third kappa shape index (κ3) is 5.69. The number of aromatic nitrogens is 2. The summed E-state index contributed by atoms with van der Waals surface area (Å²) in [5, 5.41) is 8.32. The fraction of sp³-hybridized carbons (Fsp3) is 0.556. The van der Waals surface area contributed by atoms with Gasteiger partial charge in [-0.05, 0) is 0 Å². The molecule has 0 fully saturated rings. The molecule has 0 saturated carbocycles. The van der Waals surface area contributed by atoms with Crippen molar-refractivity contribution in [2.75, 3.05) is 19.6 Å². The number of rotatable bonds is 3. The molecule has 0 saturated heterocycles. The van der Waals surface area contributed by atoms with Gasteiger partial charge < -0.3 is 14.4 Å². The van der Waals surface area contributed by atoms with Crippen LogP contribution in [0.3, 0.4) is 0 Å². The van der Waals surface area contributed by atoms with Crippen molar-refractivity contribution in [1.29, 1.82) is 0 Å². The molecular formula is C9H15ClN2O4. The molecule has 1 atom stereocenters. The Morgan fingerprint density at radius 2 is 2.25 bits per heavy atom. The second-order valence-electron chi connectivity index (χ2n) is 2.92. The number of H-pyrrole nitrogens is 1. The monoisotopic (exact) mass is 250 g/mol. The second kappa shape index (κ2) is 8.09. The van der Waals surface area contributed by atoms with Crippen molar-refractivity contribution in [3.05, 3.63) is 33.1 Å². The minimum Gasteiger partial charge on any atom is -0.394 e. The first-order chi connectivity index (χ1) is 7.54. The van der Waals surface area contributed by atoms with Gasteiger partial charge >= 0.3 is 5.69 Å². The molecule has 0 aliphatic carbocycles. The van der Waals surface area contributed by atoms with Gasteiger partial charge in [-0.1, -0.05) is 0 Å². The average Bonchev–Trinajstić information content (AvgIpc) is 2.27. The highest BCUT2D eigenvalue weighted by Crippen LogP contribution is 1.89.